The molecule has 140 valence electrons. The zero-order valence-electron chi connectivity index (χ0n) is 13.4. The molecule has 1 aromatic carbocycles. The summed E-state index contributed by atoms with van der Waals surface area (Å²) < 4.78 is 27.8. The number of thiazole rings is 1. The lowest BCUT2D eigenvalue weighted by Gasteiger charge is -2.05. The summed E-state index contributed by atoms with van der Waals surface area (Å²) in [5.74, 6) is -1.34. The van der Waals surface area contributed by atoms with Crippen LogP contribution in [0, 0.1) is 10.1 Å². The number of aromatic nitrogens is 2. The van der Waals surface area contributed by atoms with Crippen molar-refractivity contribution in [3.63, 3.8) is 0 Å². The number of hydrogen-bond acceptors (Lipinski definition) is 7. The molecule has 27 heavy (non-hydrogen) atoms. The Morgan fingerprint density at radius 2 is 2.07 bits per heavy atom. The highest BCUT2D eigenvalue weighted by Gasteiger charge is 2.16. The van der Waals surface area contributed by atoms with Crippen molar-refractivity contribution in [1.29, 1.82) is 0 Å². The Hall–Kier alpha value is -2.76. The van der Waals surface area contributed by atoms with Crippen molar-refractivity contribution in [1.82, 2.24) is 14.1 Å². The van der Waals surface area contributed by atoms with E-state index in [2.05, 4.69) is 4.98 Å². The van der Waals surface area contributed by atoms with Crippen molar-refractivity contribution in [2.24, 2.45) is 0 Å². The minimum absolute atomic E-state index is 0.152. The number of rotatable bonds is 6. The number of nitrogens with one attached hydrogen (secondary N) is 1. The van der Waals surface area contributed by atoms with Gasteiger partial charge in [0.15, 0.2) is 10.1 Å². The summed E-state index contributed by atoms with van der Waals surface area (Å²) >= 11 is 7.36. The molecule has 0 bridgehead atoms. The first kappa shape index (κ1) is 19.0. The fourth-order valence-electron chi connectivity index (χ4n) is 2.24. The monoisotopic (exact) mass is 426 g/mol. The molecule has 0 saturated carbocycles. The molecule has 0 aliphatic heterocycles. The summed E-state index contributed by atoms with van der Waals surface area (Å²) in [5.41, 5.74) is 0.611. The minimum Gasteiger partial charge on any atom is -0.289 e. The molecular weight excluding hydrogens is 416 g/mol. The summed E-state index contributed by atoms with van der Waals surface area (Å²) in [6, 6.07) is 5.02. The van der Waals surface area contributed by atoms with E-state index >= 15 is 0 Å². The molecule has 1 N–H and O–H groups in total. The van der Waals surface area contributed by atoms with Gasteiger partial charge in [-0.05, 0) is 11.6 Å². The number of imidazole rings is 1. The van der Waals surface area contributed by atoms with Gasteiger partial charge in [0.2, 0.25) is 10.0 Å². The van der Waals surface area contributed by atoms with Gasteiger partial charge < -0.3 is 0 Å². The molecular formula is C15H11ClN4O5S2. The van der Waals surface area contributed by atoms with Crippen LogP contribution in [-0.2, 0) is 20.6 Å². The van der Waals surface area contributed by atoms with Crippen molar-refractivity contribution in [3.8, 4) is 0 Å². The number of hydrogen-bond donors (Lipinski definition) is 1. The number of halogens is 1. The lowest BCUT2D eigenvalue weighted by Crippen LogP contribution is -2.30. The molecule has 3 rings (SSSR count). The SMILES string of the molecule is O=C(/C=C/c1c(Cl)nc2sccn12)NS(=O)(=O)Cc1ccc([N+](=O)[O-])cc1. The van der Waals surface area contributed by atoms with Gasteiger partial charge in [-0.1, -0.05) is 23.7 Å². The molecule has 0 spiro atoms. The molecule has 0 saturated heterocycles. The first-order valence-corrected chi connectivity index (χ1v) is 10.2. The molecule has 2 aromatic heterocycles. The van der Waals surface area contributed by atoms with Gasteiger partial charge in [0, 0.05) is 29.8 Å². The van der Waals surface area contributed by atoms with Gasteiger partial charge >= 0.3 is 0 Å². The highest BCUT2D eigenvalue weighted by Crippen LogP contribution is 2.22. The Bertz CT molecular complexity index is 1150. The number of nitrogens with zero attached hydrogens (tertiary/aromatic N) is 3. The lowest BCUT2D eigenvalue weighted by atomic mass is 10.2. The molecule has 9 nitrogen and oxygen atoms in total. The average Bonchev–Trinajstić information content (AvgIpc) is 3.13. The molecule has 0 radical (unpaired) electrons. The predicted octanol–water partition coefficient (Wildman–Crippen LogP) is 2.62. The van der Waals surface area contributed by atoms with Crippen molar-refractivity contribution in [2.45, 2.75) is 5.75 Å². The third-order valence-corrected chi connectivity index (χ3v) is 5.67. The van der Waals surface area contributed by atoms with Crippen LogP contribution < -0.4 is 4.72 Å². The summed E-state index contributed by atoms with van der Waals surface area (Å²) in [6.07, 6.45) is 4.13. The van der Waals surface area contributed by atoms with E-state index in [-0.39, 0.29) is 10.8 Å². The molecule has 1 amide bonds. The lowest BCUT2D eigenvalue weighted by molar-refractivity contribution is -0.384. The zero-order chi connectivity index (χ0) is 19.6. The van der Waals surface area contributed by atoms with Crippen molar-refractivity contribution in [2.75, 3.05) is 0 Å². The van der Waals surface area contributed by atoms with Crippen LogP contribution in [0.25, 0.3) is 11.0 Å². The maximum absolute atomic E-state index is 12.1. The average molecular weight is 427 g/mol. The number of fused-ring (bicyclic) bond motifs is 1. The Labute approximate surface area is 162 Å². The van der Waals surface area contributed by atoms with Crippen LogP contribution in [0.1, 0.15) is 11.3 Å². The molecule has 2 heterocycles. The van der Waals surface area contributed by atoms with Crippen LogP contribution in [0.4, 0.5) is 5.69 Å². The quantitative estimate of drug-likeness (QED) is 0.367. The van der Waals surface area contributed by atoms with Crippen LogP contribution in [0.3, 0.4) is 0 Å². The molecule has 0 unspecified atom stereocenters. The number of nitro benzene ring substituents is 1. The van der Waals surface area contributed by atoms with Crippen LogP contribution in [0.15, 0.2) is 41.9 Å². The molecule has 12 heteroatoms. The van der Waals surface area contributed by atoms with Crippen LogP contribution >= 0.6 is 22.9 Å². The Morgan fingerprint density at radius 1 is 1.37 bits per heavy atom. The fourth-order valence-corrected chi connectivity index (χ4v) is 4.32. The first-order chi connectivity index (χ1) is 12.7. The largest absolute Gasteiger partial charge is 0.289 e. The summed E-state index contributed by atoms with van der Waals surface area (Å²) in [7, 11) is -3.97. The summed E-state index contributed by atoms with van der Waals surface area (Å²) in [6.45, 7) is 0. The zero-order valence-corrected chi connectivity index (χ0v) is 15.8. The third-order valence-electron chi connectivity index (χ3n) is 3.41. The highest BCUT2D eigenvalue weighted by molar-refractivity contribution is 7.89. The second kappa shape index (κ2) is 7.47. The van der Waals surface area contributed by atoms with E-state index in [1.54, 1.807) is 16.0 Å². The first-order valence-electron chi connectivity index (χ1n) is 7.32. The predicted molar refractivity (Wildman–Crippen MR) is 101 cm³/mol. The summed E-state index contributed by atoms with van der Waals surface area (Å²) in [4.78, 5) is 26.7. The van der Waals surface area contributed by atoms with Crippen molar-refractivity contribution >= 4 is 55.6 Å². The van der Waals surface area contributed by atoms with Gasteiger partial charge in [0.1, 0.15) is 0 Å². The van der Waals surface area contributed by atoms with E-state index in [4.69, 9.17) is 11.6 Å². The van der Waals surface area contributed by atoms with E-state index < -0.39 is 26.6 Å². The van der Waals surface area contributed by atoms with Gasteiger partial charge in [-0.3, -0.25) is 19.3 Å². The number of carbonyl (C=O) groups excluding carboxylic acids is 1. The van der Waals surface area contributed by atoms with Crippen LogP contribution in [0.2, 0.25) is 5.15 Å². The second-order valence-corrected chi connectivity index (χ2v) is 8.28. The summed E-state index contributed by atoms with van der Waals surface area (Å²) in [5, 5.41) is 12.6. The smallest absolute Gasteiger partial charge is 0.269 e. The minimum atomic E-state index is -3.97. The fraction of sp³-hybridized carbons (Fsp3) is 0.0667. The van der Waals surface area contributed by atoms with Gasteiger partial charge in [-0.2, -0.15) is 0 Å². The van der Waals surface area contributed by atoms with E-state index in [1.807, 2.05) is 4.72 Å². The maximum Gasteiger partial charge on any atom is 0.269 e. The Kier molecular flexibility index (Phi) is 5.26. The topological polar surface area (TPSA) is 124 Å². The Balaban J connectivity index is 1.68. The third kappa shape index (κ3) is 4.51. The van der Waals surface area contributed by atoms with Crippen molar-refractivity contribution in [3.05, 3.63) is 68.4 Å². The molecule has 0 aliphatic rings. The number of amides is 1. The number of non-ortho nitro benzene ring substituents is 1. The number of nitro groups is 1. The van der Waals surface area contributed by atoms with E-state index in [1.165, 1.54) is 41.7 Å². The van der Waals surface area contributed by atoms with Gasteiger partial charge in [0.05, 0.1) is 16.4 Å². The molecule has 0 atom stereocenters. The second-order valence-electron chi connectivity index (χ2n) is 5.33. The standard InChI is InChI=1S/C15H11ClN4O5S2/c16-14-12(19-7-8-26-15(19)17-14)5-6-13(21)18-27(24,25)9-10-1-3-11(4-2-10)20(22)23/h1-8H,9H2,(H,18,21)/b6-5+. The van der Waals surface area contributed by atoms with Crippen LogP contribution in [0.5, 0.6) is 0 Å². The van der Waals surface area contributed by atoms with E-state index in [0.29, 0.717) is 16.2 Å². The highest BCUT2D eigenvalue weighted by atomic mass is 35.5. The van der Waals surface area contributed by atoms with E-state index in [0.717, 1.165) is 6.08 Å². The van der Waals surface area contributed by atoms with Crippen LogP contribution in [-0.4, -0.2) is 28.6 Å². The van der Waals surface area contributed by atoms with Gasteiger partial charge in [-0.15, -0.1) is 11.3 Å². The normalized spacial score (nSPS) is 11.9. The number of carbonyl (C=O) groups is 1. The molecule has 0 fully saturated rings. The van der Waals surface area contributed by atoms with E-state index in [9.17, 15) is 23.3 Å². The van der Waals surface area contributed by atoms with Crippen molar-refractivity contribution < 1.29 is 18.1 Å². The molecule has 3 aromatic rings. The molecule has 0 aliphatic carbocycles. The number of benzene rings is 1. The van der Waals surface area contributed by atoms with Gasteiger partial charge in [0.25, 0.3) is 11.6 Å². The Morgan fingerprint density at radius 3 is 2.74 bits per heavy atom. The maximum atomic E-state index is 12.1. The van der Waals surface area contributed by atoms with Gasteiger partial charge in [-0.25, -0.2) is 18.1 Å². The number of sulfonamides is 1.